The predicted octanol–water partition coefficient (Wildman–Crippen LogP) is 3.10. The molecule has 0 aliphatic heterocycles. The second kappa shape index (κ2) is 6.20. The minimum absolute atomic E-state index is 0.174. The Morgan fingerprint density at radius 3 is 2.68 bits per heavy atom. The van der Waals surface area contributed by atoms with Crippen LogP contribution in [0.1, 0.15) is 29.1 Å². The third-order valence-corrected chi connectivity index (χ3v) is 3.93. The van der Waals surface area contributed by atoms with E-state index in [2.05, 4.69) is 25.4 Å². The lowest BCUT2D eigenvalue weighted by Crippen LogP contribution is -2.27. The molecule has 2 heterocycles. The fourth-order valence-electron chi connectivity index (χ4n) is 2.59. The third-order valence-electron chi connectivity index (χ3n) is 3.93. The summed E-state index contributed by atoms with van der Waals surface area (Å²) in [6, 6.07) is 14.5. The Kier molecular flexibility index (Phi) is 3.74. The zero-order valence-corrected chi connectivity index (χ0v) is 13.4. The summed E-state index contributed by atoms with van der Waals surface area (Å²) in [6.07, 6.45) is 1.27. The molecule has 25 heavy (non-hydrogen) atoms. The first-order valence-corrected chi connectivity index (χ1v) is 7.83. The highest BCUT2D eigenvalue weighted by molar-refractivity contribution is 5.94. The van der Waals surface area contributed by atoms with E-state index in [0.29, 0.717) is 11.4 Å². The van der Waals surface area contributed by atoms with Gasteiger partial charge in [0.2, 0.25) is 12.2 Å². The van der Waals surface area contributed by atoms with Crippen molar-refractivity contribution >= 4 is 16.9 Å². The molecule has 0 fully saturated rings. The van der Waals surface area contributed by atoms with Gasteiger partial charge >= 0.3 is 0 Å². The standard InChI is InChI=1S/C18H15N5O2/c1-11(16-21-14-4-2-3-5-15(14)22-16)20-18(24)13-8-6-12(7-9-13)17-19-10-25-23-17/h2-11H,1H3,(H,20,24)(H,21,22)/t11-/m1/s1. The van der Waals surface area contributed by atoms with Crippen LogP contribution in [0.2, 0.25) is 0 Å². The van der Waals surface area contributed by atoms with E-state index < -0.39 is 0 Å². The number of hydrogen-bond donors (Lipinski definition) is 2. The molecule has 0 radical (unpaired) electrons. The summed E-state index contributed by atoms with van der Waals surface area (Å²) in [7, 11) is 0. The minimum atomic E-state index is -0.239. The summed E-state index contributed by atoms with van der Waals surface area (Å²) in [6.45, 7) is 1.89. The number of imidazole rings is 1. The van der Waals surface area contributed by atoms with Crippen molar-refractivity contribution in [3.8, 4) is 11.4 Å². The van der Waals surface area contributed by atoms with Gasteiger partial charge in [-0.05, 0) is 31.2 Å². The van der Waals surface area contributed by atoms with E-state index in [-0.39, 0.29) is 11.9 Å². The fraction of sp³-hybridized carbons (Fsp3) is 0.111. The Labute approximate surface area is 143 Å². The zero-order valence-electron chi connectivity index (χ0n) is 13.4. The average molecular weight is 333 g/mol. The fourth-order valence-corrected chi connectivity index (χ4v) is 2.59. The number of aromatic amines is 1. The van der Waals surface area contributed by atoms with Crippen LogP contribution in [-0.4, -0.2) is 26.0 Å². The third kappa shape index (κ3) is 2.99. The molecule has 0 aliphatic rings. The largest absolute Gasteiger partial charge is 0.342 e. The summed E-state index contributed by atoms with van der Waals surface area (Å²) in [5.41, 5.74) is 3.16. The molecule has 2 aromatic carbocycles. The normalized spacial score (nSPS) is 12.2. The van der Waals surface area contributed by atoms with Gasteiger partial charge in [-0.15, -0.1) is 0 Å². The monoisotopic (exact) mass is 333 g/mol. The summed E-state index contributed by atoms with van der Waals surface area (Å²) in [5.74, 6) is 1.04. The first-order valence-electron chi connectivity index (χ1n) is 7.83. The Hall–Kier alpha value is -3.48. The second-order valence-corrected chi connectivity index (χ2v) is 5.67. The van der Waals surface area contributed by atoms with Crippen LogP contribution in [0.5, 0.6) is 0 Å². The average Bonchev–Trinajstić information content (AvgIpc) is 3.31. The maximum absolute atomic E-state index is 12.4. The van der Waals surface area contributed by atoms with E-state index in [4.69, 9.17) is 4.52 Å². The number of carbonyl (C=O) groups excluding carboxylic acids is 1. The van der Waals surface area contributed by atoms with Gasteiger partial charge in [-0.25, -0.2) is 4.98 Å². The molecular weight excluding hydrogens is 318 g/mol. The molecule has 0 saturated heterocycles. The Morgan fingerprint density at radius 2 is 1.96 bits per heavy atom. The number of amides is 1. The molecule has 2 N–H and O–H groups in total. The molecule has 7 heteroatoms. The van der Waals surface area contributed by atoms with Crippen molar-refractivity contribution in [3.63, 3.8) is 0 Å². The second-order valence-electron chi connectivity index (χ2n) is 5.67. The number of aromatic nitrogens is 4. The molecule has 0 bridgehead atoms. The maximum atomic E-state index is 12.4. The molecule has 4 aromatic rings. The highest BCUT2D eigenvalue weighted by Gasteiger charge is 2.15. The minimum Gasteiger partial charge on any atom is -0.342 e. The predicted molar refractivity (Wildman–Crippen MR) is 91.7 cm³/mol. The van der Waals surface area contributed by atoms with Crippen molar-refractivity contribution in [2.75, 3.05) is 0 Å². The van der Waals surface area contributed by atoms with Gasteiger partial charge in [-0.3, -0.25) is 4.79 Å². The van der Waals surface area contributed by atoms with Gasteiger partial charge in [0, 0.05) is 11.1 Å². The number of H-pyrrole nitrogens is 1. The van der Waals surface area contributed by atoms with Gasteiger partial charge in [0.05, 0.1) is 17.1 Å². The lowest BCUT2D eigenvalue weighted by atomic mass is 10.1. The molecule has 2 aromatic heterocycles. The van der Waals surface area contributed by atoms with Gasteiger partial charge in [-0.1, -0.05) is 29.4 Å². The van der Waals surface area contributed by atoms with E-state index in [1.54, 1.807) is 24.3 Å². The number of nitrogens with zero attached hydrogens (tertiary/aromatic N) is 3. The van der Waals surface area contributed by atoms with E-state index in [9.17, 15) is 4.79 Å². The number of fused-ring (bicyclic) bond motifs is 1. The topological polar surface area (TPSA) is 96.7 Å². The number of para-hydroxylation sites is 2. The zero-order chi connectivity index (χ0) is 17.2. The van der Waals surface area contributed by atoms with Crippen LogP contribution in [0.4, 0.5) is 0 Å². The van der Waals surface area contributed by atoms with Crippen LogP contribution >= 0.6 is 0 Å². The summed E-state index contributed by atoms with van der Waals surface area (Å²) in [4.78, 5) is 24.2. The molecule has 0 aliphatic carbocycles. The Balaban J connectivity index is 1.49. The van der Waals surface area contributed by atoms with Crippen LogP contribution in [0.25, 0.3) is 22.4 Å². The molecule has 0 unspecified atom stereocenters. The molecule has 0 spiro atoms. The van der Waals surface area contributed by atoms with Crippen LogP contribution in [0, 0.1) is 0 Å². The number of hydrogen-bond acceptors (Lipinski definition) is 5. The van der Waals surface area contributed by atoms with E-state index in [1.165, 1.54) is 6.39 Å². The van der Waals surface area contributed by atoms with Crippen LogP contribution < -0.4 is 5.32 Å². The van der Waals surface area contributed by atoms with E-state index in [1.807, 2.05) is 31.2 Å². The molecule has 0 saturated carbocycles. The number of carbonyl (C=O) groups is 1. The Bertz CT molecular complexity index is 973. The van der Waals surface area contributed by atoms with Gasteiger partial charge in [0.1, 0.15) is 5.82 Å². The lowest BCUT2D eigenvalue weighted by Gasteiger charge is -2.11. The summed E-state index contributed by atoms with van der Waals surface area (Å²) < 4.78 is 4.72. The van der Waals surface area contributed by atoms with Crippen molar-refractivity contribution in [1.82, 2.24) is 25.4 Å². The molecule has 1 amide bonds. The highest BCUT2D eigenvalue weighted by atomic mass is 16.5. The molecular formula is C18H15N5O2. The first kappa shape index (κ1) is 15.1. The van der Waals surface area contributed by atoms with Gasteiger partial charge in [0.25, 0.3) is 5.91 Å². The molecule has 4 rings (SSSR count). The van der Waals surface area contributed by atoms with Crippen molar-refractivity contribution in [2.24, 2.45) is 0 Å². The van der Waals surface area contributed by atoms with Gasteiger partial charge in [-0.2, -0.15) is 4.98 Å². The van der Waals surface area contributed by atoms with Gasteiger partial charge in [0.15, 0.2) is 0 Å². The lowest BCUT2D eigenvalue weighted by molar-refractivity contribution is 0.0938. The summed E-state index contributed by atoms with van der Waals surface area (Å²) in [5, 5.41) is 6.72. The smallest absolute Gasteiger partial charge is 0.251 e. The number of benzene rings is 2. The first-order chi connectivity index (χ1) is 12.2. The van der Waals surface area contributed by atoms with Crippen molar-refractivity contribution in [1.29, 1.82) is 0 Å². The number of rotatable bonds is 4. The Morgan fingerprint density at radius 1 is 1.16 bits per heavy atom. The number of nitrogens with one attached hydrogen (secondary N) is 2. The van der Waals surface area contributed by atoms with Crippen molar-refractivity contribution in [2.45, 2.75) is 13.0 Å². The van der Waals surface area contributed by atoms with Crippen molar-refractivity contribution in [3.05, 3.63) is 66.3 Å². The van der Waals surface area contributed by atoms with Crippen LogP contribution in [0.15, 0.2) is 59.4 Å². The van der Waals surface area contributed by atoms with E-state index in [0.717, 1.165) is 22.4 Å². The maximum Gasteiger partial charge on any atom is 0.251 e. The van der Waals surface area contributed by atoms with Crippen molar-refractivity contribution < 1.29 is 9.32 Å². The summed E-state index contributed by atoms with van der Waals surface area (Å²) >= 11 is 0. The quantitative estimate of drug-likeness (QED) is 0.598. The molecule has 1 atom stereocenters. The van der Waals surface area contributed by atoms with E-state index >= 15 is 0 Å². The molecule has 7 nitrogen and oxygen atoms in total. The highest BCUT2D eigenvalue weighted by Crippen LogP contribution is 2.18. The van der Waals surface area contributed by atoms with Crippen LogP contribution in [0.3, 0.4) is 0 Å². The van der Waals surface area contributed by atoms with Crippen LogP contribution in [-0.2, 0) is 0 Å². The van der Waals surface area contributed by atoms with Gasteiger partial charge < -0.3 is 14.8 Å². The molecule has 124 valence electrons. The SMILES string of the molecule is C[C@@H](NC(=O)c1ccc(-c2ncon2)cc1)c1nc2ccccc2[nH]1.